The minimum absolute atomic E-state index is 0.0744. The molecule has 0 heterocycles. The molecule has 25 heavy (non-hydrogen) atoms. The Labute approximate surface area is 141 Å². The van der Waals surface area contributed by atoms with Crippen LogP contribution in [0, 0.1) is 11.3 Å². The lowest BCUT2D eigenvalue weighted by Gasteiger charge is -2.38. The van der Waals surface area contributed by atoms with Crippen molar-refractivity contribution >= 4 is 20.2 Å². The lowest BCUT2D eigenvalue weighted by atomic mass is 9.81. The first-order chi connectivity index (χ1) is 10.9. The van der Waals surface area contributed by atoms with Gasteiger partial charge in [0, 0.05) is 0 Å². The van der Waals surface area contributed by atoms with Gasteiger partial charge in [0.25, 0.3) is 16.2 Å². The summed E-state index contributed by atoms with van der Waals surface area (Å²) in [5.74, 6) is -0.128. The summed E-state index contributed by atoms with van der Waals surface area (Å²) in [6, 6.07) is 0. The molecule has 1 N–H and O–H groups in total. The van der Waals surface area contributed by atoms with Crippen molar-refractivity contribution in [2.75, 3.05) is 0 Å². The first kappa shape index (κ1) is 20.8. The van der Waals surface area contributed by atoms with Gasteiger partial charge in [0.2, 0.25) is 0 Å². The van der Waals surface area contributed by atoms with Crippen molar-refractivity contribution in [2.24, 2.45) is 11.3 Å². The second kappa shape index (κ2) is 5.49. The third-order valence-corrected chi connectivity index (χ3v) is 8.88. The predicted octanol–water partition coefficient (Wildman–Crippen LogP) is 2.71. The third kappa shape index (κ3) is 2.86. The summed E-state index contributed by atoms with van der Waals surface area (Å²) in [6.07, 6.45) is -9.99. The Balaban J connectivity index is 2.50. The molecule has 2 aliphatic rings. The number of halogens is 5. The molecule has 6 nitrogen and oxygen atoms in total. The van der Waals surface area contributed by atoms with Crippen molar-refractivity contribution in [1.29, 1.82) is 0 Å². The Kier molecular flexibility index (Phi) is 4.56. The fourth-order valence-corrected chi connectivity index (χ4v) is 6.78. The minimum atomic E-state index is -6.57. The first-order valence-electron chi connectivity index (χ1n) is 7.24. The zero-order valence-corrected chi connectivity index (χ0v) is 14.8. The van der Waals surface area contributed by atoms with Crippen LogP contribution in [0.25, 0.3) is 0 Å². The van der Waals surface area contributed by atoms with Gasteiger partial charge >= 0.3 is 21.5 Å². The maximum Gasteiger partial charge on any atom is 0.423 e. The summed E-state index contributed by atoms with van der Waals surface area (Å²) in [4.78, 5) is 0. The van der Waals surface area contributed by atoms with Crippen molar-refractivity contribution in [3.63, 3.8) is 0 Å². The maximum absolute atomic E-state index is 13.6. The van der Waals surface area contributed by atoms with Crippen molar-refractivity contribution in [2.45, 2.75) is 61.8 Å². The monoisotopic (exact) mass is 416 g/mol. The number of rotatable bonds is 5. The van der Waals surface area contributed by atoms with Gasteiger partial charge in [0.15, 0.2) is 0 Å². The van der Waals surface area contributed by atoms with Crippen LogP contribution in [0.5, 0.6) is 0 Å². The highest BCUT2D eigenvalue weighted by Gasteiger charge is 2.71. The standard InChI is InChI=1S/C12H17F5O6S2/c1-9(2)7-3-5-10(9,6-4-7)25(21,22)23-8(11(13,14)15)12(16,17)24(18,19)20/h7-8H,3-6H2,1-2H3,(H,18,19,20). The summed E-state index contributed by atoms with van der Waals surface area (Å²) >= 11 is 0. The number of hydrogen-bond donors (Lipinski definition) is 1. The maximum atomic E-state index is 13.6. The van der Waals surface area contributed by atoms with E-state index >= 15 is 0 Å². The van der Waals surface area contributed by atoms with Gasteiger partial charge in [-0.15, -0.1) is 0 Å². The molecule has 1 unspecified atom stereocenters. The van der Waals surface area contributed by atoms with E-state index in [1.165, 1.54) is 13.8 Å². The highest BCUT2D eigenvalue weighted by atomic mass is 32.2. The largest absolute Gasteiger partial charge is 0.423 e. The van der Waals surface area contributed by atoms with E-state index in [1.807, 2.05) is 0 Å². The summed E-state index contributed by atoms with van der Waals surface area (Å²) in [6.45, 7) is 3.00. The van der Waals surface area contributed by atoms with Gasteiger partial charge in [-0.3, -0.25) is 4.55 Å². The molecule has 2 saturated carbocycles. The van der Waals surface area contributed by atoms with Gasteiger partial charge in [0.1, 0.15) is 4.75 Å². The molecule has 2 aliphatic carbocycles. The van der Waals surface area contributed by atoms with Gasteiger partial charge in [-0.2, -0.15) is 38.8 Å². The molecule has 0 aromatic heterocycles. The Morgan fingerprint density at radius 1 is 1.04 bits per heavy atom. The molecule has 2 fully saturated rings. The quantitative estimate of drug-likeness (QED) is 0.421. The molecule has 0 radical (unpaired) electrons. The van der Waals surface area contributed by atoms with Crippen molar-refractivity contribution in [3.05, 3.63) is 0 Å². The van der Waals surface area contributed by atoms with E-state index in [2.05, 4.69) is 4.18 Å². The summed E-state index contributed by atoms with van der Waals surface area (Å²) in [5, 5.41) is -5.88. The average Bonchev–Trinajstić information content (AvgIpc) is 2.81. The normalized spacial score (nSPS) is 31.3. The molecule has 0 saturated heterocycles. The lowest BCUT2D eigenvalue weighted by Crippen LogP contribution is -2.55. The molecule has 1 atom stereocenters. The topological polar surface area (TPSA) is 97.7 Å². The van der Waals surface area contributed by atoms with Crippen LogP contribution in [-0.4, -0.2) is 43.7 Å². The first-order valence-corrected chi connectivity index (χ1v) is 10.1. The summed E-state index contributed by atoms with van der Waals surface area (Å²) in [7, 11) is -11.8. The van der Waals surface area contributed by atoms with E-state index in [9.17, 15) is 38.8 Å². The molecule has 0 aromatic carbocycles. The minimum Gasteiger partial charge on any atom is -0.281 e. The highest BCUT2D eigenvalue weighted by Crippen LogP contribution is 2.64. The fraction of sp³-hybridized carbons (Fsp3) is 1.00. The van der Waals surface area contributed by atoms with E-state index in [0.717, 1.165) is 0 Å². The van der Waals surface area contributed by atoms with Gasteiger partial charge < -0.3 is 0 Å². The van der Waals surface area contributed by atoms with Crippen LogP contribution in [0.3, 0.4) is 0 Å². The Morgan fingerprint density at radius 3 is 1.76 bits per heavy atom. The average molecular weight is 416 g/mol. The van der Waals surface area contributed by atoms with Crippen LogP contribution >= 0.6 is 0 Å². The zero-order valence-electron chi connectivity index (χ0n) is 13.2. The highest BCUT2D eigenvalue weighted by molar-refractivity contribution is 7.88. The molecule has 0 aromatic rings. The summed E-state index contributed by atoms with van der Waals surface area (Å²) < 4.78 is 123. The number of fused-ring (bicyclic) bond motifs is 2. The molecule has 0 aliphatic heterocycles. The molecular weight excluding hydrogens is 399 g/mol. The molecule has 0 amide bonds. The van der Waals surface area contributed by atoms with Crippen LogP contribution in [-0.2, 0) is 24.4 Å². The van der Waals surface area contributed by atoms with E-state index in [-0.39, 0.29) is 18.8 Å². The molecule has 2 bridgehead atoms. The zero-order chi connectivity index (χ0) is 19.7. The molecule has 2 rings (SSSR count). The van der Waals surface area contributed by atoms with Crippen LogP contribution < -0.4 is 0 Å². The smallest absolute Gasteiger partial charge is 0.281 e. The van der Waals surface area contributed by atoms with E-state index < -0.39 is 47.9 Å². The van der Waals surface area contributed by atoms with Crippen molar-refractivity contribution in [3.8, 4) is 0 Å². The molecular formula is C12H17F5O6S2. The fourth-order valence-electron chi connectivity index (χ4n) is 4.05. The number of alkyl halides is 5. The second-order valence-corrected chi connectivity index (χ2v) is 10.4. The summed E-state index contributed by atoms with van der Waals surface area (Å²) in [5.41, 5.74) is -1.02. The lowest BCUT2D eigenvalue weighted by molar-refractivity contribution is -0.238. The molecule has 0 spiro atoms. The number of hydrogen-bond acceptors (Lipinski definition) is 5. The van der Waals surface area contributed by atoms with Crippen molar-refractivity contribution in [1.82, 2.24) is 0 Å². The van der Waals surface area contributed by atoms with Crippen molar-refractivity contribution < 1.29 is 47.5 Å². The Hall–Kier alpha value is -0.530. The van der Waals surface area contributed by atoms with Crippen LogP contribution in [0.4, 0.5) is 22.0 Å². The van der Waals surface area contributed by atoms with E-state index in [0.29, 0.717) is 12.8 Å². The van der Waals surface area contributed by atoms with E-state index in [4.69, 9.17) is 4.55 Å². The predicted molar refractivity (Wildman–Crippen MR) is 74.8 cm³/mol. The van der Waals surface area contributed by atoms with Gasteiger partial charge in [0.05, 0.1) is 0 Å². The Morgan fingerprint density at radius 2 is 1.48 bits per heavy atom. The Bertz CT molecular complexity index is 747. The van der Waals surface area contributed by atoms with Gasteiger partial charge in [-0.05, 0) is 37.0 Å². The molecule has 148 valence electrons. The third-order valence-electron chi connectivity index (χ3n) is 5.64. The van der Waals surface area contributed by atoms with Crippen LogP contribution in [0.2, 0.25) is 0 Å². The van der Waals surface area contributed by atoms with Crippen LogP contribution in [0.1, 0.15) is 39.5 Å². The van der Waals surface area contributed by atoms with E-state index in [1.54, 1.807) is 0 Å². The second-order valence-electron chi connectivity index (χ2n) is 7.00. The van der Waals surface area contributed by atoms with Gasteiger partial charge in [-0.1, -0.05) is 13.8 Å². The van der Waals surface area contributed by atoms with Gasteiger partial charge in [-0.25, -0.2) is 4.18 Å². The molecule has 13 heteroatoms. The SMILES string of the molecule is CC1(C)C2CCC1(S(=O)(=O)OC(C(F)(F)F)C(F)(F)S(=O)(=O)O)CC2. The van der Waals surface area contributed by atoms with Crippen LogP contribution in [0.15, 0.2) is 0 Å².